The lowest BCUT2D eigenvalue weighted by Crippen LogP contribution is -2.68. The Balaban J connectivity index is 1.78. The van der Waals surface area contributed by atoms with E-state index in [4.69, 9.17) is 5.11 Å². The molecule has 1 saturated heterocycles. The number of aliphatic carboxylic acids is 1. The summed E-state index contributed by atoms with van der Waals surface area (Å²) in [4.78, 5) is 10.8. The van der Waals surface area contributed by atoms with Crippen LogP contribution < -0.4 is 10.6 Å². The van der Waals surface area contributed by atoms with E-state index in [2.05, 4.69) is 15.7 Å². The molecule has 0 aliphatic carbocycles. The van der Waals surface area contributed by atoms with Crippen molar-refractivity contribution in [1.29, 1.82) is 0 Å². The summed E-state index contributed by atoms with van der Waals surface area (Å²) in [5, 5.41) is 19.4. The zero-order valence-electron chi connectivity index (χ0n) is 9.94. The molecule has 1 aromatic heterocycles. The molecule has 0 bridgehead atoms. The normalized spacial score (nSPS) is 17.7. The first-order valence-electron chi connectivity index (χ1n) is 5.75. The molecule has 2 heterocycles. The molecular weight excluding hydrogens is 220 g/mol. The number of carbonyl (C=O) groups is 1. The highest BCUT2D eigenvalue weighted by Gasteiger charge is 2.38. The number of carboxylic acids is 1. The molecule has 94 valence electrons. The van der Waals surface area contributed by atoms with Crippen LogP contribution >= 0.6 is 0 Å². The van der Waals surface area contributed by atoms with E-state index in [0.717, 1.165) is 31.6 Å². The number of hydrogen-bond donors (Lipinski definition) is 3. The first kappa shape index (κ1) is 12.1. The standard InChI is InChI=1S/C11H18N4O2/c1-15-6-9(5-14-15)2-3-13-11(4-10(16)17)7-12-8-11/h5-6,12-13H,2-4,7-8H2,1H3,(H,16,17). The van der Waals surface area contributed by atoms with Crippen LogP contribution in [0, 0.1) is 0 Å². The second-order valence-corrected chi connectivity index (χ2v) is 4.65. The van der Waals surface area contributed by atoms with Gasteiger partial charge >= 0.3 is 5.97 Å². The van der Waals surface area contributed by atoms with E-state index in [1.165, 1.54) is 0 Å². The number of nitrogens with one attached hydrogen (secondary N) is 2. The van der Waals surface area contributed by atoms with Gasteiger partial charge in [0.2, 0.25) is 0 Å². The van der Waals surface area contributed by atoms with Crippen LogP contribution in [0.25, 0.3) is 0 Å². The predicted octanol–water partition coefficient (Wildman–Crippen LogP) is -0.631. The van der Waals surface area contributed by atoms with Gasteiger partial charge in [-0.25, -0.2) is 0 Å². The van der Waals surface area contributed by atoms with Crippen LogP contribution in [0.15, 0.2) is 12.4 Å². The number of aromatic nitrogens is 2. The quantitative estimate of drug-likeness (QED) is 0.615. The Morgan fingerprint density at radius 3 is 2.94 bits per heavy atom. The Bertz CT molecular complexity index is 398. The van der Waals surface area contributed by atoms with Gasteiger partial charge in [-0.1, -0.05) is 0 Å². The van der Waals surface area contributed by atoms with Crippen molar-refractivity contribution < 1.29 is 9.90 Å². The van der Waals surface area contributed by atoms with E-state index in [1.807, 2.05) is 19.4 Å². The Hall–Kier alpha value is -1.40. The van der Waals surface area contributed by atoms with Crippen LogP contribution in [0.1, 0.15) is 12.0 Å². The second-order valence-electron chi connectivity index (χ2n) is 4.65. The molecule has 0 atom stereocenters. The van der Waals surface area contributed by atoms with Crippen LogP contribution in [0.2, 0.25) is 0 Å². The average Bonchev–Trinajstić information content (AvgIpc) is 2.60. The number of nitrogens with zero attached hydrogens (tertiary/aromatic N) is 2. The lowest BCUT2D eigenvalue weighted by atomic mass is 9.88. The highest BCUT2D eigenvalue weighted by atomic mass is 16.4. The molecule has 2 rings (SSSR count). The highest BCUT2D eigenvalue weighted by molar-refractivity contribution is 5.68. The first-order chi connectivity index (χ1) is 8.10. The van der Waals surface area contributed by atoms with E-state index in [9.17, 15) is 4.79 Å². The monoisotopic (exact) mass is 238 g/mol. The lowest BCUT2D eigenvalue weighted by molar-refractivity contribution is -0.139. The van der Waals surface area contributed by atoms with Gasteiger partial charge in [-0.15, -0.1) is 0 Å². The van der Waals surface area contributed by atoms with Crippen LogP contribution in [0.5, 0.6) is 0 Å². The maximum Gasteiger partial charge on any atom is 0.305 e. The van der Waals surface area contributed by atoms with Crippen molar-refractivity contribution in [3.8, 4) is 0 Å². The van der Waals surface area contributed by atoms with E-state index in [-0.39, 0.29) is 12.0 Å². The summed E-state index contributed by atoms with van der Waals surface area (Å²) < 4.78 is 1.77. The second kappa shape index (κ2) is 4.85. The molecule has 17 heavy (non-hydrogen) atoms. The molecule has 1 aliphatic heterocycles. The molecular formula is C11H18N4O2. The van der Waals surface area contributed by atoms with Gasteiger partial charge in [-0.3, -0.25) is 9.48 Å². The Morgan fingerprint density at radius 1 is 1.71 bits per heavy atom. The fourth-order valence-electron chi connectivity index (χ4n) is 2.10. The minimum atomic E-state index is -0.750. The Labute approximate surface area is 100 Å². The van der Waals surface area contributed by atoms with Crippen molar-refractivity contribution in [3.05, 3.63) is 18.0 Å². The first-order valence-corrected chi connectivity index (χ1v) is 5.75. The molecule has 0 spiro atoms. The third-order valence-electron chi connectivity index (χ3n) is 3.09. The molecule has 0 unspecified atom stereocenters. The van der Waals surface area contributed by atoms with E-state index in [1.54, 1.807) is 4.68 Å². The SMILES string of the molecule is Cn1cc(CCNC2(CC(=O)O)CNC2)cn1. The summed E-state index contributed by atoms with van der Waals surface area (Å²) in [7, 11) is 1.89. The molecule has 0 aromatic carbocycles. The lowest BCUT2D eigenvalue weighted by Gasteiger charge is -2.42. The van der Waals surface area contributed by atoms with Gasteiger partial charge in [0, 0.05) is 26.3 Å². The van der Waals surface area contributed by atoms with E-state index in [0.29, 0.717) is 0 Å². The third-order valence-corrected chi connectivity index (χ3v) is 3.09. The zero-order chi connectivity index (χ0) is 12.3. The van der Waals surface area contributed by atoms with Crippen LogP contribution in [0.4, 0.5) is 0 Å². The molecule has 1 aliphatic rings. The number of rotatable bonds is 6. The third kappa shape index (κ3) is 3.04. The summed E-state index contributed by atoms with van der Waals surface area (Å²) in [6.45, 7) is 2.24. The number of hydrogen-bond acceptors (Lipinski definition) is 4. The maximum absolute atomic E-state index is 10.8. The van der Waals surface area contributed by atoms with Crippen molar-refractivity contribution in [2.24, 2.45) is 7.05 Å². The van der Waals surface area contributed by atoms with Gasteiger partial charge < -0.3 is 15.7 Å². The number of aryl methyl sites for hydroxylation is 1. The van der Waals surface area contributed by atoms with Crippen molar-refractivity contribution in [1.82, 2.24) is 20.4 Å². The van der Waals surface area contributed by atoms with Crippen molar-refractivity contribution >= 4 is 5.97 Å². The largest absolute Gasteiger partial charge is 0.481 e. The smallest absolute Gasteiger partial charge is 0.305 e. The van der Waals surface area contributed by atoms with Crippen LogP contribution in [0.3, 0.4) is 0 Å². The summed E-state index contributed by atoms with van der Waals surface area (Å²) in [5.41, 5.74) is 0.909. The molecule has 0 radical (unpaired) electrons. The fraction of sp³-hybridized carbons (Fsp3) is 0.636. The minimum absolute atomic E-state index is 0.174. The molecule has 3 N–H and O–H groups in total. The van der Waals surface area contributed by atoms with Gasteiger partial charge in [-0.05, 0) is 18.5 Å². The maximum atomic E-state index is 10.8. The van der Waals surface area contributed by atoms with Crippen LogP contribution in [-0.4, -0.2) is 46.0 Å². The summed E-state index contributed by atoms with van der Waals surface area (Å²) in [6, 6.07) is 0. The van der Waals surface area contributed by atoms with E-state index < -0.39 is 5.97 Å². The minimum Gasteiger partial charge on any atom is -0.481 e. The van der Waals surface area contributed by atoms with Gasteiger partial charge in [0.15, 0.2) is 0 Å². The van der Waals surface area contributed by atoms with Crippen molar-refractivity contribution in [2.75, 3.05) is 19.6 Å². The van der Waals surface area contributed by atoms with Gasteiger partial charge in [0.1, 0.15) is 0 Å². The Kier molecular flexibility index (Phi) is 3.44. The Morgan fingerprint density at radius 2 is 2.47 bits per heavy atom. The van der Waals surface area contributed by atoms with Crippen molar-refractivity contribution in [2.45, 2.75) is 18.4 Å². The molecule has 6 heteroatoms. The van der Waals surface area contributed by atoms with Gasteiger partial charge in [0.25, 0.3) is 0 Å². The van der Waals surface area contributed by atoms with E-state index >= 15 is 0 Å². The molecule has 0 saturated carbocycles. The van der Waals surface area contributed by atoms with Crippen LogP contribution in [-0.2, 0) is 18.3 Å². The highest BCUT2D eigenvalue weighted by Crippen LogP contribution is 2.15. The summed E-state index contributed by atoms with van der Waals surface area (Å²) in [6.07, 6.45) is 4.86. The van der Waals surface area contributed by atoms with Gasteiger partial charge in [0.05, 0.1) is 18.2 Å². The molecule has 1 fully saturated rings. The molecule has 6 nitrogen and oxygen atoms in total. The molecule has 1 aromatic rings. The zero-order valence-corrected chi connectivity index (χ0v) is 9.94. The van der Waals surface area contributed by atoms with Crippen molar-refractivity contribution in [3.63, 3.8) is 0 Å². The fourth-order valence-corrected chi connectivity index (χ4v) is 2.10. The predicted molar refractivity (Wildman–Crippen MR) is 62.8 cm³/mol. The van der Waals surface area contributed by atoms with Gasteiger partial charge in [-0.2, -0.15) is 5.10 Å². The average molecular weight is 238 g/mol. The molecule has 0 amide bonds. The summed E-state index contributed by atoms with van der Waals surface area (Å²) >= 11 is 0. The number of carboxylic acid groups (broad SMARTS) is 1. The summed E-state index contributed by atoms with van der Waals surface area (Å²) in [5.74, 6) is -0.750. The topological polar surface area (TPSA) is 79.2 Å².